The molecule has 0 aromatic heterocycles. The monoisotopic (exact) mass is 275 g/mol. The zero-order valence-electron chi connectivity index (χ0n) is 11.9. The van der Waals surface area contributed by atoms with Crippen molar-refractivity contribution in [3.63, 3.8) is 0 Å². The van der Waals surface area contributed by atoms with Gasteiger partial charge in [0.1, 0.15) is 0 Å². The third kappa shape index (κ3) is 3.57. The summed E-state index contributed by atoms with van der Waals surface area (Å²) in [5, 5.41) is 5.41. The first kappa shape index (κ1) is 14.5. The lowest BCUT2D eigenvalue weighted by Gasteiger charge is -2.13. The van der Waals surface area contributed by atoms with Crippen molar-refractivity contribution < 1.29 is 9.59 Å². The molecular weight excluding hydrogens is 254 g/mol. The van der Waals surface area contributed by atoms with Gasteiger partial charge in [-0.05, 0) is 43.4 Å². The van der Waals surface area contributed by atoms with Gasteiger partial charge in [0, 0.05) is 30.8 Å². The molecule has 5 nitrogen and oxygen atoms in total. The Kier molecular flexibility index (Phi) is 4.39. The lowest BCUT2D eigenvalue weighted by molar-refractivity contribution is -0.116. The van der Waals surface area contributed by atoms with Crippen LogP contribution in [0.1, 0.15) is 35.2 Å². The highest BCUT2D eigenvalue weighted by Crippen LogP contribution is 2.32. The summed E-state index contributed by atoms with van der Waals surface area (Å²) >= 11 is 0. The van der Waals surface area contributed by atoms with Crippen LogP contribution in [0.3, 0.4) is 0 Å². The Bertz CT molecular complexity index is 524. The van der Waals surface area contributed by atoms with Gasteiger partial charge < -0.3 is 16.4 Å². The van der Waals surface area contributed by atoms with Crippen LogP contribution in [0.2, 0.25) is 0 Å². The lowest BCUT2D eigenvalue weighted by atomic mass is 10.1. The minimum Gasteiger partial charge on any atom is -0.355 e. The molecule has 5 heteroatoms. The Morgan fingerprint density at radius 1 is 1.40 bits per heavy atom. The van der Waals surface area contributed by atoms with Crippen LogP contribution in [0, 0.1) is 12.8 Å². The highest BCUT2D eigenvalue weighted by atomic mass is 16.2. The Morgan fingerprint density at radius 2 is 2.10 bits per heavy atom. The topological polar surface area (TPSA) is 84.2 Å². The molecule has 1 aromatic rings. The molecule has 0 spiro atoms. The second-order valence-corrected chi connectivity index (χ2v) is 5.36. The number of aryl methyl sites for hydroxylation is 1. The molecule has 108 valence electrons. The van der Waals surface area contributed by atoms with Gasteiger partial charge in [-0.15, -0.1) is 0 Å². The SMILES string of the molecule is CNC(=O)c1ccc(C)c(NC(=O)CC(N)C2CC2)c1. The van der Waals surface area contributed by atoms with E-state index in [9.17, 15) is 9.59 Å². The predicted octanol–water partition coefficient (Wildman–Crippen LogP) is 1.42. The Balaban J connectivity index is 2.03. The minimum atomic E-state index is -0.171. The number of rotatable bonds is 5. The fourth-order valence-electron chi connectivity index (χ4n) is 2.15. The Morgan fingerprint density at radius 3 is 2.70 bits per heavy atom. The average molecular weight is 275 g/mol. The quantitative estimate of drug-likeness (QED) is 0.760. The summed E-state index contributed by atoms with van der Waals surface area (Å²) in [5.74, 6) is 0.232. The number of hydrogen-bond acceptors (Lipinski definition) is 3. The molecule has 1 aliphatic rings. The van der Waals surface area contributed by atoms with E-state index in [0.29, 0.717) is 23.6 Å². The van der Waals surface area contributed by atoms with Crippen molar-refractivity contribution in [1.29, 1.82) is 0 Å². The van der Waals surface area contributed by atoms with Crippen LogP contribution in [0.5, 0.6) is 0 Å². The molecular formula is C15H21N3O2. The maximum atomic E-state index is 12.0. The molecule has 0 aliphatic heterocycles. The number of anilines is 1. The highest BCUT2D eigenvalue weighted by Gasteiger charge is 2.29. The molecule has 1 aromatic carbocycles. The van der Waals surface area contributed by atoms with Crippen molar-refractivity contribution in [3.8, 4) is 0 Å². The number of carbonyl (C=O) groups is 2. The maximum Gasteiger partial charge on any atom is 0.251 e. The summed E-state index contributed by atoms with van der Waals surface area (Å²) in [6.07, 6.45) is 2.58. The van der Waals surface area contributed by atoms with Crippen molar-refractivity contribution in [1.82, 2.24) is 5.32 Å². The van der Waals surface area contributed by atoms with Gasteiger partial charge in [0.25, 0.3) is 5.91 Å². The molecule has 1 fully saturated rings. The van der Waals surface area contributed by atoms with Crippen molar-refractivity contribution >= 4 is 17.5 Å². The molecule has 0 bridgehead atoms. The van der Waals surface area contributed by atoms with E-state index < -0.39 is 0 Å². The molecule has 4 N–H and O–H groups in total. The van der Waals surface area contributed by atoms with Gasteiger partial charge >= 0.3 is 0 Å². The van der Waals surface area contributed by atoms with Gasteiger partial charge in [0.15, 0.2) is 0 Å². The molecule has 1 aliphatic carbocycles. The summed E-state index contributed by atoms with van der Waals surface area (Å²) in [6, 6.07) is 5.19. The third-order valence-electron chi connectivity index (χ3n) is 3.65. The third-order valence-corrected chi connectivity index (χ3v) is 3.65. The van der Waals surface area contributed by atoms with Crippen molar-refractivity contribution in [3.05, 3.63) is 29.3 Å². The molecule has 1 saturated carbocycles. The van der Waals surface area contributed by atoms with E-state index in [2.05, 4.69) is 10.6 Å². The van der Waals surface area contributed by atoms with Crippen LogP contribution in [-0.4, -0.2) is 24.9 Å². The standard InChI is InChI=1S/C15H21N3O2/c1-9-3-4-11(15(20)17-2)7-13(9)18-14(19)8-12(16)10-5-6-10/h3-4,7,10,12H,5-6,8,16H2,1-2H3,(H,17,20)(H,18,19). The summed E-state index contributed by atoms with van der Waals surface area (Å²) in [4.78, 5) is 23.6. The molecule has 0 heterocycles. The summed E-state index contributed by atoms with van der Waals surface area (Å²) in [7, 11) is 1.58. The van der Waals surface area contributed by atoms with Crippen molar-refractivity contribution in [2.24, 2.45) is 11.7 Å². The average Bonchev–Trinajstić information content (AvgIpc) is 3.24. The van der Waals surface area contributed by atoms with Gasteiger partial charge in [0.05, 0.1) is 0 Å². The van der Waals surface area contributed by atoms with E-state index in [4.69, 9.17) is 5.73 Å². The molecule has 20 heavy (non-hydrogen) atoms. The van der Waals surface area contributed by atoms with Gasteiger partial charge in [-0.1, -0.05) is 6.07 Å². The van der Waals surface area contributed by atoms with E-state index in [0.717, 1.165) is 18.4 Å². The molecule has 0 radical (unpaired) electrons. The molecule has 1 unspecified atom stereocenters. The molecule has 0 saturated heterocycles. The number of hydrogen-bond donors (Lipinski definition) is 3. The van der Waals surface area contributed by atoms with Gasteiger partial charge in [-0.2, -0.15) is 0 Å². The van der Waals surface area contributed by atoms with Crippen LogP contribution in [-0.2, 0) is 4.79 Å². The maximum absolute atomic E-state index is 12.0. The smallest absolute Gasteiger partial charge is 0.251 e. The zero-order valence-corrected chi connectivity index (χ0v) is 11.9. The highest BCUT2D eigenvalue weighted by molar-refractivity contribution is 5.97. The first-order valence-electron chi connectivity index (χ1n) is 6.89. The minimum absolute atomic E-state index is 0.0579. The predicted molar refractivity (Wildman–Crippen MR) is 78.5 cm³/mol. The lowest BCUT2D eigenvalue weighted by Crippen LogP contribution is -2.29. The fraction of sp³-hybridized carbons (Fsp3) is 0.467. The Hall–Kier alpha value is -1.88. The summed E-state index contributed by atoms with van der Waals surface area (Å²) < 4.78 is 0. The fourth-order valence-corrected chi connectivity index (χ4v) is 2.15. The van der Waals surface area contributed by atoms with E-state index in [1.54, 1.807) is 19.2 Å². The zero-order chi connectivity index (χ0) is 14.7. The van der Waals surface area contributed by atoms with Crippen LogP contribution >= 0.6 is 0 Å². The first-order valence-corrected chi connectivity index (χ1v) is 6.89. The molecule has 2 rings (SSSR count). The first-order chi connectivity index (χ1) is 9.51. The van der Waals surface area contributed by atoms with Gasteiger partial charge in [0.2, 0.25) is 5.91 Å². The number of nitrogens with two attached hydrogens (primary N) is 1. The normalized spacial score (nSPS) is 15.6. The van der Waals surface area contributed by atoms with Crippen LogP contribution in [0.4, 0.5) is 5.69 Å². The largest absolute Gasteiger partial charge is 0.355 e. The van der Waals surface area contributed by atoms with E-state index in [1.165, 1.54) is 0 Å². The second-order valence-electron chi connectivity index (χ2n) is 5.36. The Labute approximate surface area is 118 Å². The van der Waals surface area contributed by atoms with Crippen LogP contribution < -0.4 is 16.4 Å². The van der Waals surface area contributed by atoms with Crippen LogP contribution in [0.15, 0.2) is 18.2 Å². The van der Waals surface area contributed by atoms with Gasteiger partial charge in [-0.3, -0.25) is 9.59 Å². The number of nitrogens with one attached hydrogen (secondary N) is 2. The molecule has 1 atom stereocenters. The van der Waals surface area contributed by atoms with Crippen molar-refractivity contribution in [2.45, 2.75) is 32.2 Å². The molecule has 2 amide bonds. The van der Waals surface area contributed by atoms with E-state index in [1.807, 2.05) is 13.0 Å². The van der Waals surface area contributed by atoms with Gasteiger partial charge in [-0.25, -0.2) is 0 Å². The van der Waals surface area contributed by atoms with Crippen molar-refractivity contribution in [2.75, 3.05) is 12.4 Å². The number of amides is 2. The van der Waals surface area contributed by atoms with E-state index in [-0.39, 0.29) is 17.9 Å². The number of carbonyl (C=O) groups excluding carboxylic acids is 2. The summed E-state index contributed by atoms with van der Waals surface area (Å²) in [5.41, 5.74) is 8.06. The van der Waals surface area contributed by atoms with E-state index >= 15 is 0 Å². The number of benzene rings is 1. The summed E-state index contributed by atoms with van der Waals surface area (Å²) in [6.45, 7) is 1.89. The van der Waals surface area contributed by atoms with Crippen LogP contribution in [0.25, 0.3) is 0 Å². The second kappa shape index (κ2) is 6.05.